The molecule has 0 aromatic carbocycles. The van der Waals surface area contributed by atoms with Crippen molar-refractivity contribution in [2.45, 2.75) is 10.9 Å². The zero-order chi connectivity index (χ0) is 11.5. The molecule has 2 aromatic heterocycles. The van der Waals surface area contributed by atoms with Crippen LogP contribution in [-0.4, -0.2) is 19.7 Å². The molecule has 0 saturated carbocycles. The SMILES string of the molecule is Cn1c(SCc2ccnc(N)c2)n[nH]c1=O. The van der Waals surface area contributed by atoms with Crippen LogP contribution in [0.2, 0.25) is 0 Å². The van der Waals surface area contributed by atoms with Crippen LogP contribution in [0.25, 0.3) is 0 Å². The second-order valence-electron chi connectivity index (χ2n) is 3.25. The van der Waals surface area contributed by atoms with Gasteiger partial charge in [0.1, 0.15) is 5.82 Å². The number of pyridine rings is 1. The Bertz CT molecular complexity index is 547. The molecular weight excluding hydrogens is 226 g/mol. The van der Waals surface area contributed by atoms with Gasteiger partial charge in [0.15, 0.2) is 5.16 Å². The van der Waals surface area contributed by atoms with Gasteiger partial charge >= 0.3 is 5.69 Å². The van der Waals surface area contributed by atoms with Gasteiger partial charge in [0.2, 0.25) is 0 Å². The predicted octanol–water partition coefficient (Wildman–Crippen LogP) is 0.378. The van der Waals surface area contributed by atoms with Crippen LogP contribution in [0, 0.1) is 0 Å². The summed E-state index contributed by atoms with van der Waals surface area (Å²) in [6.07, 6.45) is 1.66. The van der Waals surface area contributed by atoms with E-state index in [2.05, 4.69) is 15.2 Å². The van der Waals surface area contributed by atoms with Crippen LogP contribution in [0.15, 0.2) is 28.3 Å². The van der Waals surface area contributed by atoms with Crippen LogP contribution < -0.4 is 11.4 Å². The zero-order valence-corrected chi connectivity index (χ0v) is 9.49. The summed E-state index contributed by atoms with van der Waals surface area (Å²) in [5.74, 6) is 1.19. The van der Waals surface area contributed by atoms with Crippen LogP contribution in [0.4, 0.5) is 5.82 Å². The van der Waals surface area contributed by atoms with Crippen LogP contribution in [0.3, 0.4) is 0 Å². The van der Waals surface area contributed by atoms with Crippen LogP contribution in [0.1, 0.15) is 5.56 Å². The van der Waals surface area contributed by atoms with Gasteiger partial charge in [-0.1, -0.05) is 11.8 Å². The summed E-state index contributed by atoms with van der Waals surface area (Å²) in [7, 11) is 1.68. The van der Waals surface area contributed by atoms with Crippen LogP contribution in [0.5, 0.6) is 0 Å². The number of H-pyrrole nitrogens is 1. The number of thioether (sulfide) groups is 1. The van der Waals surface area contributed by atoms with Gasteiger partial charge < -0.3 is 5.73 Å². The molecule has 0 spiro atoms. The first-order valence-corrected chi connectivity index (χ1v) is 5.60. The van der Waals surface area contributed by atoms with Crippen molar-refractivity contribution in [3.8, 4) is 0 Å². The minimum Gasteiger partial charge on any atom is -0.384 e. The quantitative estimate of drug-likeness (QED) is 0.753. The minimum atomic E-state index is -0.211. The molecule has 84 valence electrons. The fourth-order valence-electron chi connectivity index (χ4n) is 1.19. The highest BCUT2D eigenvalue weighted by atomic mass is 32.2. The minimum absolute atomic E-state index is 0.211. The number of anilines is 1. The lowest BCUT2D eigenvalue weighted by Gasteiger charge is -2.01. The zero-order valence-electron chi connectivity index (χ0n) is 8.67. The second kappa shape index (κ2) is 4.40. The van der Waals surface area contributed by atoms with Gasteiger partial charge in [-0.15, -0.1) is 5.10 Å². The average Bonchev–Trinajstić information content (AvgIpc) is 2.57. The third-order valence-corrected chi connectivity index (χ3v) is 3.15. The molecule has 0 aliphatic rings. The first kappa shape index (κ1) is 10.7. The van der Waals surface area contributed by atoms with Crippen molar-refractivity contribution in [1.82, 2.24) is 19.7 Å². The van der Waals surface area contributed by atoms with Crippen molar-refractivity contribution in [2.75, 3.05) is 5.73 Å². The summed E-state index contributed by atoms with van der Waals surface area (Å²) in [6, 6.07) is 3.69. The predicted molar refractivity (Wildman–Crippen MR) is 62.0 cm³/mol. The summed E-state index contributed by atoms with van der Waals surface area (Å²) in [5.41, 5.74) is 6.40. The molecule has 2 aromatic rings. The van der Waals surface area contributed by atoms with Gasteiger partial charge in [-0.05, 0) is 17.7 Å². The third kappa shape index (κ3) is 2.25. The number of nitrogens with zero attached hydrogens (tertiary/aromatic N) is 3. The highest BCUT2D eigenvalue weighted by Gasteiger charge is 2.04. The van der Waals surface area contributed by atoms with E-state index < -0.39 is 0 Å². The molecule has 7 heteroatoms. The number of nitrogens with two attached hydrogens (primary N) is 1. The molecule has 0 fully saturated rings. The highest BCUT2D eigenvalue weighted by Crippen LogP contribution is 2.19. The summed E-state index contributed by atoms with van der Waals surface area (Å²) >= 11 is 1.47. The van der Waals surface area contributed by atoms with E-state index in [1.807, 2.05) is 6.07 Å². The Hall–Kier alpha value is -1.76. The molecule has 0 radical (unpaired) electrons. The fourth-order valence-corrected chi connectivity index (χ4v) is 2.06. The molecule has 16 heavy (non-hydrogen) atoms. The Labute approximate surface area is 95.9 Å². The second-order valence-corrected chi connectivity index (χ2v) is 4.19. The van der Waals surface area contributed by atoms with Crippen molar-refractivity contribution in [1.29, 1.82) is 0 Å². The Morgan fingerprint density at radius 2 is 2.44 bits per heavy atom. The normalized spacial score (nSPS) is 10.6. The molecule has 0 bridgehead atoms. The topological polar surface area (TPSA) is 89.6 Å². The Kier molecular flexibility index (Phi) is 2.95. The van der Waals surface area contributed by atoms with E-state index in [1.54, 1.807) is 19.3 Å². The molecule has 2 heterocycles. The van der Waals surface area contributed by atoms with Gasteiger partial charge in [-0.25, -0.2) is 14.9 Å². The van der Waals surface area contributed by atoms with Gasteiger partial charge in [-0.2, -0.15) is 0 Å². The number of nitrogens with one attached hydrogen (secondary N) is 1. The van der Waals surface area contributed by atoms with E-state index in [1.165, 1.54) is 16.3 Å². The lowest BCUT2D eigenvalue weighted by atomic mass is 10.3. The Morgan fingerprint density at radius 1 is 1.62 bits per heavy atom. The Balaban J connectivity index is 2.08. The number of aromatic nitrogens is 4. The number of nitrogen functional groups attached to an aromatic ring is 1. The molecule has 0 amide bonds. The largest absolute Gasteiger partial charge is 0.384 e. The van der Waals surface area contributed by atoms with E-state index in [0.29, 0.717) is 16.7 Å². The van der Waals surface area contributed by atoms with Gasteiger partial charge in [0, 0.05) is 19.0 Å². The van der Waals surface area contributed by atoms with Gasteiger partial charge in [-0.3, -0.25) is 4.57 Å². The maximum absolute atomic E-state index is 11.1. The summed E-state index contributed by atoms with van der Waals surface area (Å²) in [6.45, 7) is 0. The number of rotatable bonds is 3. The molecule has 0 aliphatic carbocycles. The monoisotopic (exact) mass is 237 g/mol. The first-order valence-electron chi connectivity index (χ1n) is 4.61. The van der Waals surface area contributed by atoms with Crippen molar-refractivity contribution in [3.05, 3.63) is 34.4 Å². The first-order chi connectivity index (χ1) is 7.66. The number of aromatic amines is 1. The lowest BCUT2D eigenvalue weighted by molar-refractivity contribution is 0.766. The molecule has 0 atom stereocenters. The number of hydrogen-bond acceptors (Lipinski definition) is 5. The molecule has 0 aliphatic heterocycles. The summed E-state index contributed by atoms with van der Waals surface area (Å²) in [4.78, 5) is 15.0. The highest BCUT2D eigenvalue weighted by molar-refractivity contribution is 7.98. The van der Waals surface area contributed by atoms with Crippen molar-refractivity contribution in [2.24, 2.45) is 7.05 Å². The van der Waals surface area contributed by atoms with Crippen molar-refractivity contribution in [3.63, 3.8) is 0 Å². The molecule has 2 rings (SSSR count). The molecular formula is C9H11N5OS. The van der Waals surface area contributed by atoms with Gasteiger partial charge in [0.25, 0.3) is 0 Å². The molecule has 3 N–H and O–H groups in total. The van der Waals surface area contributed by atoms with Gasteiger partial charge in [0.05, 0.1) is 0 Å². The van der Waals surface area contributed by atoms with Crippen LogP contribution >= 0.6 is 11.8 Å². The smallest absolute Gasteiger partial charge is 0.343 e. The summed E-state index contributed by atoms with van der Waals surface area (Å²) < 4.78 is 1.47. The standard InChI is InChI=1S/C9H11N5OS/c1-14-8(15)12-13-9(14)16-5-6-2-3-11-7(10)4-6/h2-4H,5H2,1H3,(H2,10,11)(H,12,15). The van der Waals surface area contributed by atoms with Crippen LogP contribution in [-0.2, 0) is 12.8 Å². The number of hydrogen-bond donors (Lipinski definition) is 2. The van der Waals surface area contributed by atoms with E-state index in [9.17, 15) is 4.79 Å². The molecule has 0 unspecified atom stereocenters. The maximum Gasteiger partial charge on any atom is 0.343 e. The lowest BCUT2D eigenvalue weighted by Crippen LogP contribution is -2.12. The van der Waals surface area contributed by atoms with E-state index in [-0.39, 0.29) is 5.69 Å². The summed E-state index contributed by atoms with van der Waals surface area (Å²) in [5, 5.41) is 6.93. The Morgan fingerprint density at radius 3 is 3.06 bits per heavy atom. The van der Waals surface area contributed by atoms with Crippen molar-refractivity contribution >= 4 is 17.6 Å². The van der Waals surface area contributed by atoms with Crippen molar-refractivity contribution < 1.29 is 0 Å². The molecule has 6 nitrogen and oxygen atoms in total. The van der Waals surface area contributed by atoms with E-state index in [0.717, 1.165) is 5.56 Å². The average molecular weight is 237 g/mol. The van der Waals surface area contributed by atoms with E-state index >= 15 is 0 Å². The van der Waals surface area contributed by atoms with E-state index in [4.69, 9.17) is 5.73 Å². The molecule has 0 saturated heterocycles. The maximum atomic E-state index is 11.1. The third-order valence-electron chi connectivity index (χ3n) is 2.05. The fraction of sp³-hybridized carbons (Fsp3) is 0.222.